The number of hydrogen-bond donors (Lipinski definition) is 1. The van der Waals surface area contributed by atoms with Crippen LogP contribution in [0, 0.1) is 0 Å². The van der Waals surface area contributed by atoms with Gasteiger partial charge in [0.1, 0.15) is 0 Å². The van der Waals surface area contributed by atoms with Crippen molar-refractivity contribution in [2.45, 2.75) is 6.92 Å². The molecule has 1 rings (SSSR count). The van der Waals surface area contributed by atoms with Crippen LogP contribution < -0.4 is 5.32 Å². The fourth-order valence-electron chi connectivity index (χ4n) is 0.760. The standard InChI is InChI=1S/C8H11N.V.H2/c1-2-9-8-6-4-3-5-7-8;;/h3-7,9H,2H2,1H3;;1H. The van der Waals surface area contributed by atoms with E-state index in [1.165, 1.54) is 5.69 Å². The van der Waals surface area contributed by atoms with E-state index in [1.807, 2.05) is 18.2 Å². The van der Waals surface area contributed by atoms with Crippen molar-refractivity contribution in [2.75, 3.05) is 11.9 Å². The van der Waals surface area contributed by atoms with Crippen LogP contribution in [0.1, 0.15) is 8.35 Å². The minimum atomic E-state index is 0. The molecule has 0 aliphatic heterocycles. The molecule has 1 nitrogen and oxygen atoms in total. The van der Waals surface area contributed by atoms with Crippen LogP contribution in [0.25, 0.3) is 0 Å². The molecule has 0 fully saturated rings. The monoisotopic (exact) mass is 174 g/mol. The molecule has 0 aliphatic carbocycles. The Labute approximate surface area is 75.2 Å². The van der Waals surface area contributed by atoms with Crippen molar-refractivity contribution < 1.29 is 20.0 Å². The predicted octanol–water partition coefficient (Wildman–Crippen LogP) is 2.36. The minimum absolute atomic E-state index is 0. The Bertz CT molecular complexity index is 167. The fourth-order valence-corrected chi connectivity index (χ4v) is 0.760. The van der Waals surface area contributed by atoms with E-state index < -0.39 is 0 Å². The van der Waals surface area contributed by atoms with E-state index in [9.17, 15) is 0 Å². The third-order valence-corrected chi connectivity index (χ3v) is 1.15. The van der Waals surface area contributed by atoms with Gasteiger partial charge in [0.2, 0.25) is 0 Å². The van der Waals surface area contributed by atoms with E-state index in [0.717, 1.165) is 6.54 Å². The van der Waals surface area contributed by atoms with Crippen LogP contribution in [0.5, 0.6) is 0 Å². The van der Waals surface area contributed by atoms with Gasteiger partial charge in [-0.15, -0.1) is 0 Å². The van der Waals surface area contributed by atoms with Gasteiger partial charge in [-0.1, -0.05) is 18.2 Å². The second kappa shape index (κ2) is 5.39. The van der Waals surface area contributed by atoms with E-state index in [1.54, 1.807) is 0 Å². The molecule has 1 aromatic carbocycles. The van der Waals surface area contributed by atoms with Crippen molar-refractivity contribution in [1.82, 2.24) is 0 Å². The average molecular weight is 174 g/mol. The molecule has 1 N–H and O–H groups in total. The largest absolute Gasteiger partial charge is 0.385 e. The van der Waals surface area contributed by atoms with Gasteiger partial charge in [0.25, 0.3) is 0 Å². The molecule has 55 valence electrons. The molecule has 0 spiro atoms. The van der Waals surface area contributed by atoms with Gasteiger partial charge in [0, 0.05) is 32.2 Å². The normalized spacial score (nSPS) is 8.10. The van der Waals surface area contributed by atoms with Crippen LogP contribution >= 0.6 is 0 Å². The number of anilines is 1. The number of rotatable bonds is 2. The molecule has 0 amide bonds. The van der Waals surface area contributed by atoms with Gasteiger partial charge >= 0.3 is 0 Å². The predicted molar refractivity (Wildman–Crippen MR) is 42.7 cm³/mol. The molecule has 0 saturated carbocycles. The molecule has 2 heteroatoms. The van der Waals surface area contributed by atoms with Gasteiger partial charge in [-0.05, 0) is 19.1 Å². The molecule has 0 aromatic heterocycles. The third kappa shape index (κ3) is 2.95. The zero-order chi connectivity index (χ0) is 6.53. The van der Waals surface area contributed by atoms with Crippen LogP contribution in [-0.4, -0.2) is 6.54 Å². The van der Waals surface area contributed by atoms with Gasteiger partial charge in [-0.3, -0.25) is 0 Å². The molecule has 0 bridgehead atoms. The molecular weight excluding hydrogens is 161 g/mol. The maximum Gasteiger partial charge on any atom is 0.0340 e. The molecule has 0 unspecified atom stereocenters. The number of hydrogen-bond acceptors (Lipinski definition) is 1. The third-order valence-electron chi connectivity index (χ3n) is 1.15. The van der Waals surface area contributed by atoms with Gasteiger partial charge in [0.15, 0.2) is 0 Å². The van der Waals surface area contributed by atoms with Crippen LogP contribution in [0.2, 0.25) is 0 Å². The maximum absolute atomic E-state index is 3.21. The van der Waals surface area contributed by atoms with Crippen molar-refractivity contribution in [1.29, 1.82) is 0 Å². The molecule has 10 heavy (non-hydrogen) atoms. The van der Waals surface area contributed by atoms with Gasteiger partial charge in [-0.2, -0.15) is 0 Å². The van der Waals surface area contributed by atoms with Crippen molar-refractivity contribution in [2.24, 2.45) is 0 Å². The Morgan fingerprint density at radius 3 is 2.40 bits per heavy atom. The Kier molecular flexibility index (Phi) is 5.18. The van der Waals surface area contributed by atoms with Crippen molar-refractivity contribution >= 4 is 5.69 Å². The first kappa shape index (κ1) is 9.60. The van der Waals surface area contributed by atoms with Gasteiger partial charge in [-0.25, -0.2) is 0 Å². The van der Waals surface area contributed by atoms with E-state index in [2.05, 4.69) is 24.4 Å². The summed E-state index contributed by atoms with van der Waals surface area (Å²) in [6.45, 7) is 3.08. The fraction of sp³-hybridized carbons (Fsp3) is 0.250. The van der Waals surface area contributed by atoms with Crippen LogP contribution in [0.3, 0.4) is 0 Å². The smallest absolute Gasteiger partial charge is 0.0340 e. The SMILES string of the molecule is CCNc1ccccc1.[HH].[V]. The zero-order valence-electron chi connectivity index (χ0n) is 6.04. The van der Waals surface area contributed by atoms with Crippen LogP contribution in [0.4, 0.5) is 5.69 Å². The topological polar surface area (TPSA) is 12.0 Å². The Morgan fingerprint density at radius 2 is 1.90 bits per heavy atom. The first-order valence-electron chi connectivity index (χ1n) is 3.22. The number of nitrogens with one attached hydrogen (secondary N) is 1. The summed E-state index contributed by atoms with van der Waals surface area (Å²) < 4.78 is 0. The molecule has 0 aliphatic rings. The van der Waals surface area contributed by atoms with E-state index in [0.29, 0.717) is 0 Å². The molecule has 0 heterocycles. The zero-order valence-corrected chi connectivity index (χ0v) is 7.44. The van der Waals surface area contributed by atoms with Crippen molar-refractivity contribution in [3.05, 3.63) is 30.3 Å². The summed E-state index contributed by atoms with van der Waals surface area (Å²) in [5, 5.41) is 3.21. The Morgan fingerprint density at radius 1 is 1.30 bits per heavy atom. The average Bonchev–Trinajstić information content (AvgIpc) is 1.91. The quantitative estimate of drug-likeness (QED) is 0.725. The van der Waals surface area contributed by atoms with E-state index in [-0.39, 0.29) is 20.0 Å². The maximum atomic E-state index is 3.21. The summed E-state index contributed by atoms with van der Waals surface area (Å²) in [6, 6.07) is 10.2. The van der Waals surface area contributed by atoms with E-state index >= 15 is 0 Å². The van der Waals surface area contributed by atoms with Crippen molar-refractivity contribution in [3.63, 3.8) is 0 Å². The summed E-state index contributed by atoms with van der Waals surface area (Å²) >= 11 is 0. The summed E-state index contributed by atoms with van der Waals surface area (Å²) in [5.41, 5.74) is 1.19. The molecule has 1 radical (unpaired) electrons. The molecule has 0 atom stereocenters. The first-order valence-corrected chi connectivity index (χ1v) is 3.22. The van der Waals surface area contributed by atoms with Gasteiger partial charge in [0.05, 0.1) is 0 Å². The second-order valence-electron chi connectivity index (χ2n) is 1.90. The van der Waals surface area contributed by atoms with E-state index in [4.69, 9.17) is 0 Å². The summed E-state index contributed by atoms with van der Waals surface area (Å²) in [7, 11) is 0. The van der Waals surface area contributed by atoms with Gasteiger partial charge < -0.3 is 5.32 Å². The number of para-hydroxylation sites is 1. The summed E-state index contributed by atoms with van der Waals surface area (Å²) in [5.74, 6) is 0. The number of benzene rings is 1. The second-order valence-corrected chi connectivity index (χ2v) is 1.90. The summed E-state index contributed by atoms with van der Waals surface area (Å²) in [4.78, 5) is 0. The van der Waals surface area contributed by atoms with Crippen LogP contribution in [-0.2, 0) is 18.6 Å². The molecule has 0 saturated heterocycles. The van der Waals surface area contributed by atoms with Crippen molar-refractivity contribution in [3.8, 4) is 0 Å². The Hall–Kier alpha value is -0.396. The molecule has 1 aromatic rings. The minimum Gasteiger partial charge on any atom is -0.385 e. The summed E-state index contributed by atoms with van der Waals surface area (Å²) in [6.07, 6.45) is 0. The Balaban J connectivity index is 0. The molecular formula is C8H13NV. The first-order chi connectivity index (χ1) is 4.43. The van der Waals surface area contributed by atoms with Crippen LogP contribution in [0.15, 0.2) is 30.3 Å².